The highest BCUT2D eigenvalue weighted by molar-refractivity contribution is 5.76. The lowest BCUT2D eigenvalue weighted by Crippen LogP contribution is -2.51. The van der Waals surface area contributed by atoms with E-state index in [1.54, 1.807) is 7.11 Å². The molecule has 5 nitrogen and oxygen atoms in total. The van der Waals surface area contributed by atoms with Crippen LogP contribution in [0.1, 0.15) is 47.5 Å². The van der Waals surface area contributed by atoms with Gasteiger partial charge < -0.3 is 14.2 Å². The Morgan fingerprint density at radius 1 is 1.33 bits per heavy atom. The number of ether oxygens (including phenoxy) is 3. The van der Waals surface area contributed by atoms with Crippen LogP contribution in [0.15, 0.2) is 0 Å². The van der Waals surface area contributed by atoms with E-state index in [4.69, 9.17) is 14.2 Å². The summed E-state index contributed by atoms with van der Waals surface area (Å²) in [5.74, 6) is 6.60. The van der Waals surface area contributed by atoms with Gasteiger partial charge in [-0.15, -0.1) is 0 Å². The number of hydrogen-bond acceptors (Lipinski definition) is 5. The molecule has 136 valence electrons. The molecule has 0 aromatic heterocycles. The summed E-state index contributed by atoms with van der Waals surface area (Å²) in [6.07, 6.45) is 2.02. The summed E-state index contributed by atoms with van der Waals surface area (Å²) in [7, 11) is 1.67. The molecule has 0 aromatic rings. The fourth-order valence-electron chi connectivity index (χ4n) is 3.17. The number of nitrogens with zero attached hydrogens (tertiary/aromatic N) is 1. The molecule has 0 unspecified atom stereocenters. The molecule has 2 heterocycles. The van der Waals surface area contributed by atoms with Gasteiger partial charge in [-0.2, -0.15) is 0 Å². The Morgan fingerprint density at radius 2 is 2.00 bits per heavy atom. The molecule has 5 heteroatoms. The third-order valence-corrected chi connectivity index (χ3v) is 4.46. The molecule has 2 aliphatic heterocycles. The molecular weight excluding hydrogens is 306 g/mol. The highest BCUT2D eigenvalue weighted by Crippen LogP contribution is 2.27. The quantitative estimate of drug-likeness (QED) is 0.582. The van der Waals surface area contributed by atoms with Gasteiger partial charge in [0.25, 0.3) is 0 Å². The largest absolute Gasteiger partial charge is 0.459 e. The van der Waals surface area contributed by atoms with E-state index in [9.17, 15) is 4.79 Å². The van der Waals surface area contributed by atoms with Crippen molar-refractivity contribution in [1.29, 1.82) is 0 Å². The van der Waals surface area contributed by atoms with Crippen LogP contribution in [0.2, 0.25) is 0 Å². The Kier molecular flexibility index (Phi) is 5.95. The Morgan fingerprint density at radius 3 is 2.46 bits per heavy atom. The summed E-state index contributed by atoms with van der Waals surface area (Å²) in [6.45, 7) is 11.7. The lowest BCUT2D eigenvalue weighted by Gasteiger charge is -2.36. The Bertz CT molecular complexity index is 502. The summed E-state index contributed by atoms with van der Waals surface area (Å²) < 4.78 is 16.4. The number of rotatable bonds is 4. The van der Waals surface area contributed by atoms with Crippen LogP contribution >= 0.6 is 0 Å². The molecule has 2 aliphatic rings. The molecule has 0 saturated carbocycles. The van der Waals surface area contributed by atoms with Crippen molar-refractivity contribution in [2.24, 2.45) is 5.92 Å². The van der Waals surface area contributed by atoms with Gasteiger partial charge in [0.05, 0.1) is 19.3 Å². The first-order valence-corrected chi connectivity index (χ1v) is 8.82. The van der Waals surface area contributed by atoms with Crippen molar-refractivity contribution >= 4 is 5.97 Å². The molecule has 0 radical (unpaired) electrons. The van der Waals surface area contributed by atoms with Crippen molar-refractivity contribution in [3.63, 3.8) is 0 Å². The minimum Gasteiger partial charge on any atom is -0.459 e. The summed E-state index contributed by atoms with van der Waals surface area (Å²) in [6, 6.07) is -0.195. The van der Waals surface area contributed by atoms with Gasteiger partial charge in [-0.1, -0.05) is 25.7 Å². The molecule has 2 rings (SSSR count). The maximum absolute atomic E-state index is 12.7. The molecule has 0 aliphatic carbocycles. The molecule has 0 amide bonds. The van der Waals surface area contributed by atoms with Crippen LogP contribution in [-0.2, 0) is 19.0 Å². The Hall–Kier alpha value is -1.09. The van der Waals surface area contributed by atoms with Crippen molar-refractivity contribution in [3.8, 4) is 11.8 Å². The van der Waals surface area contributed by atoms with Gasteiger partial charge in [0, 0.05) is 13.7 Å². The van der Waals surface area contributed by atoms with Crippen LogP contribution in [-0.4, -0.2) is 61.0 Å². The average Bonchev–Trinajstić information content (AvgIpc) is 2.84. The van der Waals surface area contributed by atoms with E-state index in [1.807, 2.05) is 20.8 Å². The first kappa shape index (κ1) is 19.2. The van der Waals surface area contributed by atoms with E-state index < -0.39 is 11.2 Å². The summed E-state index contributed by atoms with van der Waals surface area (Å²) in [5, 5.41) is 0. The lowest BCUT2D eigenvalue weighted by atomic mass is 9.99. The fourth-order valence-corrected chi connectivity index (χ4v) is 3.17. The van der Waals surface area contributed by atoms with Crippen LogP contribution in [0, 0.1) is 17.8 Å². The van der Waals surface area contributed by atoms with E-state index in [0.717, 1.165) is 19.4 Å². The van der Waals surface area contributed by atoms with E-state index in [-0.39, 0.29) is 24.0 Å². The van der Waals surface area contributed by atoms with Crippen LogP contribution in [0.4, 0.5) is 0 Å². The second-order valence-electron chi connectivity index (χ2n) is 8.08. The zero-order chi connectivity index (χ0) is 18.0. The number of hydrogen-bond donors (Lipinski definition) is 0. The predicted molar refractivity (Wildman–Crippen MR) is 92.5 cm³/mol. The van der Waals surface area contributed by atoms with Gasteiger partial charge in [0.2, 0.25) is 0 Å². The normalized spacial score (nSPS) is 24.9. The minimum absolute atomic E-state index is 0.0672. The number of esters is 1. The van der Waals surface area contributed by atoms with Crippen molar-refractivity contribution in [1.82, 2.24) is 4.90 Å². The maximum Gasteiger partial charge on any atom is 0.324 e. The van der Waals surface area contributed by atoms with Gasteiger partial charge >= 0.3 is 5.97 Å². The fraction of sp³-hybridized carbons (Fsp3) is 0.842. The summed E-state index contributed by atoms with van der Waals surface area (Å²) in [5.41, 5.74) is -0.942. The summed E-state index contributed by atoms with van der Waals surface area (Å²) >= 11 is 0. The van der Waals surface area contributed by atoms with Crippen molar-refractivity contribution in [2.45, 2.75) is 70.7 Å². The smallest absolute Gasteiger partial charge is 0.324 e. The second kappa shape index (κ2) is 7.43. The molecule has 2 saturated heterocycles. The van der Waals surface area contributed by atoms with E-state index in [0.29, 0.717) is 13.2 Å². The van der Waals surface area contributed by atoms with Gasteiger partial charge in [-0.25, -0.2) is 0 Å². The molecule has 2 fully saturated rings. The lowest BCUT2D eigenvalue weighted by molar-refractivity contribution is -0.163. The van der Waals surface area contributed by atoms with E-state index >= 15 is 0 Å². The van der Waals surface area contributed by atoms with Gasteiger partial charge in [0.1, 0.15) is 11.6 Å². The first-order valence-electron chi connectivity index (χ1n) is 8.82. The van der Waals surface area contributed by atoms with Crippen molar-refractivity contribution in [2.75, 3.05) is 26.9 Å². The van der Waals surface area contributed by atoms with Crippen molar-refractivity contribution in [3.05, 3.63) is 0 Å². The third-order valence-electron chi connectivity index (χ3n) is 4.46. The number of methoxy groups -OCH3 is 1. The van der Waals surface area contributed by atoms with E-state index in [1.165, 1.54) is 0 Å². The summed E-state index contributed by atoms with van der Waals surface area (Å²) in [4.78, 5) is 14.9. The first-order chi connectivity index (χ1) is 11.2. The Balaban J connectivity index is 2.14. The zero-order valence-corrected chi connectivity index (χ0v) is 15.8. The van der Waals surface area contributed by atoms with Gasteiger partial charge in [-0.3, -0.25) is 9.69 Å². The highest BCUT2D eigenvalue weighted by Gasteiger charge is 2.40. The molecular formula is C19H31NO4. The molecule has 0 N–H and O–H groups in total. The second-order valence-corrected chi connectivity index (χ2v) is 8.08. The zero-order valence-electron chi connectivity index (χ0n) is 15.8. The van der Waals surface area contributed by atoms with Gasteiger partial charge in [0.15, 0.2) is 5.60 Å². The minimum atomic E-state index is -0.478. The van der Waals surface area contributed by atoms with Crippen LogP contribution in [0.3, 0.4) is 0 Å². The Labute approximate surface area is 146 Å². The molecule has 2 atom stereocenters. The molecule has 24 heavy (non-hydrogen) atoms. The predicted octanol–water partition coefficient (Wildman–Crippen LogP) is 2.24. The topological polar surface area (TPSA) is 48.0 Å². The third kappa shape index (κ3) is 4.50. The van der Waals surface area contributed by atoms with E-state index in [2.05, 4.69) is 30.6 Å². The SMILES string of the molecule is COC1(C#C[C@@H]2CCCN2[C@H](C(=O)OC(C)(C)C)C(C)C)COC1. The van der Waals surface area contributed by atoms with Crippen LogP contribution in [0.5, 0.6) is 0 Å². The van der Waals surface area contributed by atoms with Crippen LogP contribution < -0.4 is 0 Å². The van der Waals surface area contributed by atoms with Crippen molar-refractivity contribution < 1.29 is 19.0 Å². The molecule has 0 aromatic carbocycles. The number of carbonyl (C=O) groups is 1. The van der Waals surface area contributed by atoms with Gasteiger partial charge in [-0.05, 0) is 39.5 Å². The molecule has 0 spiro atoms. The number of likely N-dealkylation sites (tertiary alicyclic amines) is 1. The standard InChI is InChI=1S/C19H31NO4/c1-14(2)16(17(21)24-18(3,4)5)20-11-7-8-15(20)9-10-19(22-6)12-23-13-19/h14-16H,7-8,11-13H2,1-6H3/t15-,16-/m0/s1. The molecule has 0 bridgehead atoms. The monoisotopic (exact) mass is 337 g/mol. The number of carbonyl (C=O) groups excluding carboxylic acids is 1. The average molecular weight is 337 g/mol. The highest BCUT2D eigenvalue weighted by atomic mass is 16.6. The maximum atomic E-state index is 12.7. The van der Waals surface area contributed by atoms with Crippen LogP contribution in [0.25, 0.3) is 0 Å².